The minimum Gasteiger partial charge on any atom is -0.496 e. The average Bonchev–Trinajstić information content (AvgIpc) is 3.34. The Morgan fingerprint density at radius 1 is 1.11 bits per heavy atom. The summed E-state index contributed by atoms with van der Waals surface area (Å²) in [5, 5.41) is 4.09. The van der Waals surface area contributed by atoms with Crippen molar-refractivity contribution < 1.29 is 9.53 Å². The molecule has 2 aromatic heterocycles. The van der Waals surface area contributed by atoms with Crippen LogP contribution in [-0.4, -0.2) is 34.5 Å². The molecule has 3 N–H and O–H groups in total. The number of ether oxygens (including phenoxy) is 1. The average molecular weight is 372 g/mol. The summed E-state index contributed by atoms with van der Waals surface area (Å²) in [7, 11) is 1.67. The number of amides is 1. The number of carbonyl (C=O) groups excluding carboxylic acids is 1. The van der Waals surface area contributed by atoms with Crippen LogP contribution in [0.5, 0.6) is 5.75 Å². The van der Waals surface area contributed by atoms with E-state index in [1.165, 1.54) is 0 Å². The van der Waals surface area contributed by atoms with Gasteiger partial charge >= 0.3 is 0 Å². The number of nitrogens with one attached hydrogen (secondary N) is 3. The maximum absolute atomic E-state index is 12.7. The van der Waals surface area contributed by atoms with Crippen molar-refractivity contribution in [3.63, 3.8) is 0 Å². The molecule has 1 aliphatic rings. The highest BCUT2D eigenvalue weighted by atomic mass is 16.5. The van der Waals surface area contributed by atoms with Gasteiger partial charge in [-0.2, -0.15) is 0 Å². The van der Waals surface area contributed by atoms with Crippen LogP contribution in [0.25, 0.3) is 22.3 Å². The lowest BCUT2D eigenvalue weighted by atomic mass is 9.93. The van der Waals surface area contributed by atoms with E-state index < -0.39 is 0 Å². The van der Waals surface area contributed by atoms with E-state index in [2.05, 4.69) is 26.3 Å². The summed E-state index contributed by atoms with van der Waals surface area (Å²) in [6.07, 6.45) is 2.59. The molecule has 28 heavy (non-hydrogen) atoms. The molecule has 0 bridgehead atoms. The Balaban J connectivity index is 1.57. The summed E-state index contributed by atoms with van der Waals surface area (Å²) in [4.78, 5) is 23.9. The Morgan fingerprint density at radius 2 is 2.00 bits per heavy atom. The smallest absolute Gasteiger partial charge is 0.271 e. The molecule has 6 nitrogen and oxygen atoms in total. The second-order valence-corrected chi connectivity index (χ2v) is 7.01. The molecule has 6 heteroatoms. The van der Waals surface area contributed by atoms with Crippen LogP contribution in [0.3, 0.4) is 0 Å². The van der Waals surface area contributed by atoms with E-state index in [-0.39, 0.29) is 11.8 Å². The highest BCUT2D eigenvalue weighted by Gasteiger charge is 2.28. The number of imidazole rings is 1. The number of methoxy groups -OCH3 is 1. The van der Waals surface area contributed by atoms with Gasteiger partial charge in [0.05, 0.1) is 7.11 Å². The number of nitrogens with zero attached hydrogens (tertiary/aromatic N) is 1. The second kappa shape index (κ2) is 6.56. The third-order valence-electron chi connectivity index (χ3n) is 5.38. The van der Waals surface area contributed by atoms with E-state index in [1.54, 1.807) is 7.11 Å². The summed E-state index contributed by atoms with van der Waals surface area (Å²) in [5.41, 5.74) is 4.43. The van der Waals surface area contributed by atoms with Crippen LogP contribution in [0.4, 0.5) is 0 Å². The van der Waals surface area contributed by atoms with Crippen LogP contribution in [0, 0.1) is 0 Å². The normalized spacial score (nSPS) is 16.5. The van der Waals surface area contributed by atoms with Gasteiger partial charge in [0, 0.05) is 40.8 Å². The van der Waals surface area contributed by atoms with Gasteiger partial charge in [-0.3, -0.25) is 4.79 Å². The van der Waals surface area contributed by atoms with Crippen LogP contribution in [0.15, 0.2) is 54.7 Å². The largest absolute Gasteiger partial charge is 0.496 e. The topological polar surface area (TPSA) is 82.8 Å². The lowest BCUT2D eigenvalue weighted by Crippen LogP contribution is -2.26. The van der Waals surface area contributed by atoms with Crippen molar-refractivity contribution in [1.82, 2.24) is 20.3 Å². The molecule has 0 saturated heterocycles. The third kappa shape index (κ3) is 2.65. The zero-order chi connectivity index (χ0) is 19.1. The van der Waals surface area contributed by atoms with Crippen molar-refractivity contribution in [3.8, 4) is 17.1 Å². The molecule has 2 aromatic carbocycles. The molecule has 1 aliphatic heterocycles. The first-order valence-electron chi connectivity index (χ1n) is 9.31. The summed E-state index contributed by atoms with van der Waals surface area (Å²) in [6, 6.07) is 16.0. The van der Waals surface area contributed by atoms with E-state index >= 15 is 0 Å². The molecule has 5 rings (SSSR count). The zero-order valence-corrected chi connectivity index (χ0v) is 15.5. The lowest BCUT2D eigenvalue weighted by molar-refractivity contribution is 0.0950. The maximum atomic E-state index is 12.7. The van der Waals surface area contributed by atoms with Crippen LogP contribution >= 0.6 is 0 Å². The van der Waals surface area contributed by atoms with E-state index in [0.717, 1.165) is 33.5 Å². The maximum Gasteiger partial charge on any atom is 0.271 e. The molecule has 0 spiro atoms. The molecule has 1 atom stereocenters. The van der Waals surface area contributed by atoms with Gasteiger partial charge in [0.1, 0.15) is 17.3 Å². The van der Waals surface area contributed by atoms with Gasteiger partial charge in [-0.1, -0.05) is 30.3 Å². The Kier molecular flexibility index (Phi) is 3.90. The van der Waals surface area contributed by atoms with Crippen LogP contribution in [-0.2, 0) is 6.42 Å². The zero-order valence-electron chi connectivity index (χ0n) is 15.5. The monoisotopic (exact) mass is 372 g/mol. The Morgan fingerprint density at radius 3 is 2.89 bits per heavy atom. The summed E-state index contributed by atoms with van der Waals surface area (Å²) in [6.45, 7) is 0.548. The van der Waals surface area contributed by atoms with Gasteiger partial charge in [0.2, 0.25) is 0 Å². The fourth-order valence-electron chi connectivity index (χ4n) is 4.01. The number of benzene rings is 2. The molecule has 4 aromatic rings. The van der Waals surface area contributed by atoms with Crippen LogP contribution in [0.1, 0.15) is 27.7 Å². The Bertz CT molecular complexity index is 1170. The summed E-state index contributed by atoms with van der Waals surface area (Å²) < 4.78 is 5.53. The van der Waals surface area contributed by atoms with Gasteiger partial charge in [0.15, 0.2) is 0 Å². The van der Waals surface area contributed by atoms with Gasteiger partial charge in [-0.25, -0.2) is 4.98 Å². The fraction of sp³-hybridized carbons (Fsp3) is 0.182. The number of hydrogen-bond acceptors (Lipinski definition) is 3. The molecular weight excluding hydrogens is 352 g/mol. The molecule has 0 saturated carbocycles. The third-order valence-corrected chi connectivity index (χ3v) is 5.38. The number of aromatic amines is 2. The first kappa shape index (κ1) is 16.6. The van der Waals surface area contributed by atoms with Crippen molar-refractivity contribution in [3.05, 3.63) is 71.7 Å². The number of fused-ring (bicyclic) bond motifs is 2. The lowest BCUT2D eigenvalue weighted by Gasteiger charge is -2.17. The quantitative estimate of drug-likeness (QED) is 0.513. The van der Waals surface area contributed by atoms with Crippen molar-refractivity contribution in [2.75, 3.05) is 13.7 Å². The van der Waals surface area contributed by atoms with Crippen LogP contribution in [0.2, 0.25) is 0 Å². The van der Waals surface area contributed by atoms with Crippen molar-refractivity contribution in [2.45, 2.75) is 12.3 Å². The summed E-state index contributed by atoms with van der Waals surface area (Å²) >= 11 is 0. The number of para-hydroxylation sites is 1. The predicted octanol–water partition coefficient (Wildman–Crippen LogP) is 3.64. The highest BCUT2D eigenvalue weighted by molar-refractivity contribution is 5.97. The van der Waals surface area contributed by atoms with Crippen molar-refractivity contribution in [1.29, 1.82) is 0 Å². The fourth-order valence-corrected chi connectivity index (χ4v) is 4.01. The number of carbonyl (C=O) groups is 1. The first-order valence-corrected chi connectivity index (χ1v) is 9.31. The van der Waals surface area contributed by atoms with Gasteiger partial charge in [0.25, 0.3) is 5.91 Å². The number of H-pyrrole nitrogens is 2. The van der Waals surface area contributed by atoms with Crippen LogP contribution < -0.4 is 10.1 Å². The van der Waals surface area contributed by atoms with E-state index in [4.69, 9.17) is 4.74 Å². The van der Waals surface area contributed by atoms with Gasteiger partial charge in [-0.15, -0.1) is 0 Å². The van der Waals surface area contributed by atoms with Crippen molar-refractivity contribution >= 4 is 16.8 Å². The van der Waals surface area contributed by atoms with E-state index in [1.807, 2.05) is 48.7 Å². The first-order chi connectivity index (χ1) is 13.7. The van der Waals surface area contributed by atoms with Crippen molar-refractivity contribution in [2.24, 2.45) is 0 Å². The molecule has 1 unspecified atom stereocenters. The molecule has 1 amide bonds. The minimum atomic E-state index is -0.142. The molecule has 140 valence electrons. The molecule has 0 aliphatic carbocycles. The molecule has 0 fully saturated rings. The molecule has 0 radical (unpaired) electrons. The molecular formula is C22H20N4O2. The van der Waals surface area contributed by atoms with E-state index in [0.29, 0.717) is 24.5 Å². The summed E-state index contributed by atoms with van der Waals surface area (Å²) in [5.74, 6) is 1.52. The van der Waals surface area contributed by atoms with Gasteiger partial charge < -0.3 is 20.0 Å². The highest BCUT2D eigenvalue weighted by Crippen LogP contribution is 2.33. The number of aromatic nitrogens is 3. The number of rotatable bonds is 3. The Hall–Kier alpha value is -3.54. The second-order valence-electron chi connectivity index (χ2n) is 7.01. The minimum absolute atomic E-state index is 0.109. The molecule has 3 heterocycles. The number of hydrogen-bond donors (Lipinski definition) is 3. The SMILES string of the molecule is COc1ccccc1C1CNC(=O)c2nc(-c3cccc4[nH]ccc34)[nH]c2C1. The predicted molar refractivity (Wildman–Crippen MR) is 108 cm³/mol. The van der Waals surface area contributed by atoms with Gasteiger partial charge in [-0.05, 0) is 30.2 Å². The Labute approximate surface area is 162 Å². The standard InChI is InChI=1S/C22H20N4O2/c1-28-19-8-3-2-5-14(19)13-11-18-20(22(27)24-12-13)26-21(25-18)16-6-4-7-17-15(16)9-10-23-17/h2-10,13,23H,11-12H2,1H3,(H,24,27)(H,25,26). The van der Waals surface area contributed by atoms with E-state index in [9.17, 15) is 4.79 Å².